The first kappa shape index (κ1) is 15.5. The number of aryl methyl sites for hydroxylation is 1. The van der Waals surface area contributed by atoms with Gasteiger partial charge in [0.2, 0.25) is 0 Å². The molecular weight excluding hydrogens is 318 g/mol. The van der Waals surface area contributed by atoms with Crippen molar-refractivity contribution in [1.82, 2.24) is 5.32 Å². The van der Waals surface area contributed by atoms with Gasteiger partial charge in [0, 0.05) is 10.9 Å². The predicted octanol–water partition coefficient (Wildman–Crippen LogP) is 5.69. The highest BCUT2D eigenvalue weighted by atomic mass is 79.9. The summed E-state index contributed by atoms with van der Waals surface area (Å²) in [7, 11) is 0. The van der Waals surface area contributed by atoms with Crippen LogP contribution in [0.3, 0.4) is 0 Å². The van der Waals surface area contributed by atoms with E-state index in [1.165, 1.54) is 55.3 Å². The van der Waals surface area contributed by atoms with Crippen LogP contribution in [-0.4, -0.2) is 6.54 Å². The highest BCUT2D eigenvalue weighted by Crippen LogP contribution is 2.38. The van der Waals surface area contributed by atoms with Gasteiger partial charge in [0.1, 0.15) is 0 Å². The molecule has 2 atom stereocenters. The van der Waals surface area contributed by atoms with E-state index in [9.17, 15) is 0 Å². The van der Waals surface area contributed by atoms with Gasteiger partial charge >= 0.3 is 0 Å². The molecule has 0 aromatic carbocycles. The molecule has 1 aromatic heterocycles. The molecule has 1 heterocycles. The topological polar surface area (TPSA) is 12.0 Å². The molecule has 0 spiro atoms. The minimum atomic E-state index is 0.599. The molecular formula is C16H26BrNS. The fourth-order valence-electron chi connectivity index (χ4n) is 2.99. The van der Waals surface area contributed by atoms with Crippen LogP contribution in [0, 0.1) is 5.92 Å². The third kappa shape index (κ3) is 4.30. The summed E-state index contributed by atoms with van der Waals surface area (Å²) >= 11 is 5.56. The summed E-state index contributed by atoms with van der Waals surface area (Å²) < 4.78 is 1.30. The Morgan fingerprint density at radius 1 is 1.47 bits per heavy atom. The van der Waals surface area contributed by atoms with Crippen molar-refractivity contribution in [2.75, 3.05) is 6.54 Å². The van der Waals surface area contributed by atoms with Crippen molar-refractivity contribution < 1.29 is 0 Å². The lowest BCUT2D eigenvalue weighted by atomic mass is 9.92. The summed E-state index contributed by atoms with van der Waals surface area (Å²) in [6.45, 7) is 5.81. The smallest absolute Gasteiger partial charge is 0.0704 e. The zero-order valence-electron chi connectivity index (χ0n) is 12.2. The Morgan fingerprint density at radius 3 is 3.05 bits per heavy atom. The van der Waals surface area contributed by atoms with Gasteiger partial charge in [-0.1, -0.05) is 33.1 Å². The third-order valence-corrected chi connectivity index (χ3v) is 5.99. The summed E-state index contributed by atoms with van der Waals surface area (Å²) in [5.74, 6) is 0.854. The zero-order chi connectivity index (χ0) is 13.7. The molecule has 108 valence electrons. The first-order valence-electron chi connectivity index (χ1n) is 7.76. The number of unbranched alkanes of at least 4 members (excludes halogenated alkanes) is 1. The maximum atomic E-state index is 3.84. The number of hydrogen-bond donors (Lipinski definition) is 1. The van der Waals surface area contributed by atoms with Crippen LogP contribution in [0.25, 0.3) is 0 Å². The normalized spacial score (nSPS) is 20.3. The summed E-state index contributed by atoms with van der Waals surface area (Å²) in [6.07, 6.45) is 9.30. The Bertz CT molecular complexity index is 388. The number of halogens is 1. The van der Waals surface area contributed by atoms with Gasteiger partial charge in [-0.15, -0.1) is 11.3 Å². The van der Waals surface area contributed by atoms with Gasteiger partial charge in [-0.2, -0.15) is 0 Å². The maximum Gasteiger partial charge on any atom is 0.0704 e. The largest absolute Gasteiger partial charge is 0.310 e. The Labute approximate surface area is 130 Å². The average Bonchev–Trinajstić information content (AvgIpc) is 2.80. The second-order valence-electron chi connectivity index (χ2n) is 5.70. The van der Waals surface area contributed by atoms with Crippen molar-refractivity contribution in [2.45, 2.75) is 64.8 Å². The van der Waals surface area contributed by atoms with Crippen LogP contribution in [0.2, 0.25) is 0 Å². The summed E-state index contributed by atoms with van der Waals surface area (Å²) in [5, 5.41) is 3.84. The van der Waals surface area contributed by atoms with Gasteiger partial charge in [0.15, 0.2) is 0 Å². The van der Waals surface area contributed by atoms with Crippen molar-refractivity contribution in [3.63, 3.8) is 0 Å². The van der Waals surface area contributed by atoms with E-state index in [-0.39, 0.29) is 0 Å². The van der Waals surface area contributed by atoms with Gasteiger partial charge in [-0.25, -0.2) is 0 Å². The van der Waals surface area contributed by atoms with E-state index in [1.807, 2.05) is 11.3 Å². The number of thiophene rings is 1. The number of rotatable bonds is 7. The zero-order valence-corrected chi connectivity index (χ0v) is 14.6. The molecule has 2 rings (SSSR count). The van der Waals surface area contributed by atoms with E-state index in [1.54, 1.807) is 10.4 Å². The van der Waals surface area contributed by atoms with Crippen molar-refractivity contribution in [3.8, 4) is 0 Å². The Kier molecular flexibility index (Phi) is 6.37. The van der Waals surface area contributed by atoms with E-state index < -0.39 is 0 Å². The van der Waals surface area contributed by atoms with Crippen LogP contribution in [0.1, 0.15) is 68.9 Å². The Hall–Kier alpha value is 0.140. The highest BCUT2D eigenvalue weighted by Gasteiger charge is 2.22. The molecule has 19 heavy (non-hydrogen) atoms. The van der Waals surface area contributed by atoms with E-state index in [4.69, 9.17) is 0 Å². The van der Waals surface area contributed by atoms with Crippen LogP contribution in [-0.2, 0) is 6.42 Å². The molecule has 1 aliphatic rings. The van der Waals surface area contributed by atoms with Crippen LogP contribution >= 0.6 is 27.3 Å². The minimum absolute atomic E-state index is 0.599. The fourth-order valence-corrected chi connectivity index (χ4v) is 4.81. The van der Waals surface area contributed by atoms with Crippen molar-refractivity contribution in [2.24, 2.45) is 5.92 Å². The van der Waals surface area contributed by atoms with Crippen LogP contribution in [0.4, 0.5) is 0 Å². The van der Waals surface area contributed by atoms with E-state index in [0.29, 0.717) is 6.04 Å². The molecule has 1 aromatic rings. The lowest BCUT2D eigenvalue weighted by molar-refractivity contribution is 0.372. The third-order valence-electron chi connectivity index (χ3n) is 4.28. The second-order valence-corrected chi connectivity index (χ2v) is 8.21. The quantitative estimate of drug-likeness (QED) is 0.669. The van der Waals surface area contributed by atoms with Crippen LogP contribution in [0.15, 0.2) is 9.85 Å². The number of hydrogen-bond acceptors (Lipinski definition) is 2. The summed E-state index contributed by atoms with van der Waals surface area (Å²) in [4.78, 5) is 1.59. The predicted molar refractivity (Wildman–Crippen MR) is 89.0 cm³/mol. The Morgan fingerprint density at radius 2 is 2.32 bits per heavy atom. The molecule has 0 bridgehead atoms. The molecule has 3 heteroatoms. The summed E-state index contributed by atoms with van der Waals surface area (Å²) in [6, 6.07) is 2.94. The van der Waals surface area contributed by atoms with Crippen molar-refractivity contribution in [1.29, 1.82) is 0 Å². The monoisotopic (exact) mass is 343 g/mol. The van der Waals surface area contributed by atoms with Gasteiger partial charge < -0.3 is 5.32 Å². The fraction of sp³-hybridized carbons (Fsp3) is 0.750. The average molecular weight is 344 g/mol. The van der Waals surface area contributed by atoms with E-state index >= 15 is 0 Å². The van der Waals surface area contributed by atoms with Crippen molar-refractivity contribution >= 4 is 27.3 Å². The molecule has 0 saturated carbocycles. The lowest BCUT2D eigenvalue weighted by Gasteiger charge is -2.26. The SMILES string of the molecule is CCCCC(CC)CNC1CCCc2sc(Br)cc21. The first-order chi connectivity index (χ1) is 9.24. The van der Waals surface area contributed by atoms with E-state index in [0.717, 1.165) is 5.92 Å². The summed E-state index contributed by atoms with van der Waals surface area (Å²) in [5.41, 5.74) is 1.56. The van der Waals surface area contributed by atoms with Gasteiger partial charge in [-0.05, 0) is 65.7 Å². The van der Waals surface area contributed by atoms with Crippen LogP contribution < -0.4 is 5.32 Å². The molecule has 0 saturated heterocycles. The molecule has 0 amide bonds. The highest BCUT2D eigenvalue weighted by molar-refractivity contribution is 9.11. The van der Waals surface area contributed by atoms with Gasteiger partial charge in [0.05, 0.1) is 3.79 Å². The molecule has 0 aliphatic heterocycles. The molecule has 0 radical (unpaired) electrons. The van der Waals surface area contributed by atoms with Crippen LogP contribution in [0.5, 0.6) is 0 Å². The first-order valence-corrected chi connectivity index (χ1v) is 9.37. The maximum absolute atomic E-state index is 3.84. The number of fused-ring (bicyclic) bond motifs is 1. The number of nitrogens with one attached hydrogen (secondary N) is 1. The molecule has 2 unspecified atom stereocenters. The van der Waals surface area contributed by atoms with Gasteiger partial charge in [0.25, 0.3) is 0 Å². The molecule has 0 fully saturated rings. The standard InChI is InChI=1S/C16H26BrNS/c1-3-5-7-12(4-2)11-18-14-8-6-9-15-13(14)10-16(17)19-15/h10,12,14,18H,3-9,11H2,1-2H3. The van der Waals surface area contributed by atoms with Crippen molar-refractivity contribution in [3.05, 3.63) is 20.3 Å². The Balaban J connectivity index is 1.89. The molecule has 1 aliphatic carbocycles. The molecule has 1 N–H and O–H groups in total. The minimum Gasteiger partial charge on any atom is -0.310 e. The molecule has 1 nitrogen and oxygen atoms in total. The lowest BCUT2D eigenvalue weighted by Crippen LogP contribution is -2.29. The van der Waals surface area contributed by atoms with E-state index in [2.05, 4.69) is 41.2 Å². The second kappa shape index (κ2) is 7.80. The van der Waals surface area contributed by atoms with Gasteiger partial charge in [-0.3, -0.25) is 0 Å².